The molecule has 3 nitrogen and oxygen atoms in total. The lowest BCUT2D eigenvalue weighted by atomic mass is 10.1. The highest BCUT2D eigenvalue weighted by atomic mass is 16.5. The van der Waals surface area contributed by atoms with Crippen LogP contribution in [0.25, 0.3) is 0 Å². The molecule has 3 heteroatoms. The van der Waals surface area contributed by atoms with Gasteiger partial charge in [0.15, 0.2) is 0 Å². The van der Waals surface area contributed by atoms with Gasteiger partial charge in [0.05, 0.1) is 14.2 Å². The normalized spacial score (nSPS) is 10.7. The molecule has 0 aromatic heterocycles. The molecule has 0 radical (unpaired) electrons. The lowest BCUT2D eigenvalue weighted by Crippen LogP contribution is -2.15. The van der Waals surface area contributed by atoms with Gasteiger partial charge >= 0.3 is 0 Å². The first-order valence-corrected chi connectivity index (χ1v) is 6.59. The van der Waals surface area contributed by atoms with Crippen molar-refractivity contribution in [2.45, 2.75) is 33.2 Å². The molecule has 102 valence electrons. The highest BCUT2D eigenvalue weighted by Gasteiger charge is 2.04. The van der Waals surface area contributed by atoms with Crippen molar-refractivity contribution in [1.82, 2.24) is 5.32 Å². The summed E-state index contributed by atoms with van der Waals surface area (Å²) in [6.45, 7) is 6.40. The maximum absolute atomic E-state index is 5.36. The maximum atomic E-state index is 5.36. The zero-order valence-electron chi connectivity index (χ0n) is 12.0. The molecule has 0 saturated heterocycles. The van der Waals surface area contributed by atoms with Crippen LogP contribution in [0.5, 0.6) is 11.5 Å². The van der Waals surface area contributed by atoms with E-state index < -0.39 is 0 Å². The van der Waals surface area contributed by atoms with Crippen LogP contribution >= 0.6 is 0 Å². The topological polar surface area (TPSA) is 30.5 Å². The summed E-state index contributed by atoms with van der Waals surface area (Å²) in [5, 5.41) is 3.45. The zero-order valence-corrected chi connectivity index (χ0v) is 12.0. The molecule has 1 aromatic carbocycles. The van der Waals surface area contributed by atoms with Crippen LogP contribution in [-0.2, 0) is 6.54 Å². The van der Waals surface area contributed by atoms with Crippen LogP contribution in [-0.4, -0.2) is 20.8 Å². The average Bonchev–Trinajstić information content (AvgIpc) is 2.38. The molecule has 0 aliphatic carbocycles. The van der Waals surface area contributed by atoms with Gasteiger partial charge in [-0.25, -0.2) is 0 Å². The number of benzene rings is 1. The Morgan fingerprint density at radius 1 is 1.17 bits per heavy atom. The van der Waals surface area contributed by atoms with E-state index in [4.69, 9.17) is 9.47 Å². The quantitative estimate of drug-likeness (QED) is 0.720. The Labute approximate surface area is 110 Å². The second-order valence-electron chi connectivity index (χ2n) is 4.89. The lowest BCUT2D eigenvalue weighted by molar-refractivity contribution is 0.389. The van der Waals surface area contributed by atoms with Crippen LogP contribution in [0, 0.1) is 5.92 Å². The van der Waals surface area contributed by atoms with Crippen molar-refractivity contribution < 1.29 is 9.47 Å². The van der Waals surface area contributed by atoms with E-state index in [1.807, 2.05) is 18.2 Å². The number of methoxy groups -OCH3 is 2. The van der Waals surface area contributed by atoms with Gasteiger partial charge in [-0.1, -0.05) is 19.9 Å². The van der Waals surface area contributed by atoms with Gasteiger partial charge in [-0.05, 0) is 31.4 Å². The monoisotopic (exact) mass is 251 g/mol. The summed E-state index contributed by atoms with van der Waals surface area (Å²) in [5.74, 6) is 2.49. The van der Waals surface area contributed by atoms with E-state index in [0.717, 1.165) is 30.5 Å². The van der Waals surface area contributed by atoms with Gasteiger partial charge in [-0.3, -0.25) is 0 Å². The fourth-order valence-electron chi connectivity index (χ4n) is 1.86. The molecule has 0 bridgehead atoms. The van der Waals surface area contributed by atoms with Crippen molar-refractivity contribution in [3.8, 4) is 11.5 Å². The Balaban J connectivity index is 2.41. The van der Waals surface area contributed by atoms with Crippen LogP contribution in [0.3, 0.4) is 0 Å². The third kappa shape index (κ3) is 4.96. The average molecular weight is 251 g/mol. The van der Waals surface area contributed by atoms with Gasteiger partial charge in [0.1, 0.15) is 11.5 Å². The van der Waals surface area contributed by atoms with E-state index in [1.54, 1.807) is 14.2 Å². The summed E-state index contributed by atoms with van der Waals surface area (Å²) in [5.41, 5.74) is 1.17. The van der Waals surface area contributed by atoms with E-state index >= 15 is 0 Å². The molecule has 1 aromatic rings. The van der Waals surface area contributed by atoms with E-state index in [9.17, 15) is 0 Å². The van der Waals surface area contributed by atoms with Gasteiger partial charge in [0.25, 0.3) is 0 Å². The molecule has 0 saturated carbocycles. The second-order valence-corrected chi connectivity index (χ2v) is 4.89. The number of ether oxygens (including phenoxy) is 2. The molecule has 0 heterocycles. The Morgan fingerprint density at radius 3 is 2.56 bits per heavy atom. The first kappa shape index (κ1) is 14.8. The van der Waals surface area contributed by atoms with Crippen molar-refractivity contribution in [3.05, 3.63) is 23.8 Å². The van der Waals surface area contributed by atoms with Crippen molar-refractivity contribution in [2.75, 3.05) is 20.8 Å². The third-order valence-electron chi connectivity index (χ3n) is 2.94. The van der Waals surface area contributed by atoms with Crippen LogP contribution in [0.1, 0.15) is 32.3 Å². The lowest BCUT2D eigenvalue weighted by Gasteiger charge is -2.11. The van der Waals surface area contributed by atoms with E-state index in [0.29, 0.717) is 0 Å². The summed E-state index contributed by atoms with van der Waals surface area (Å²) in [6, 6.07) is 5.94. The van der Waals surface area contributed by atoms with Crippen LogP contribution in [0.2, 0.25) is 0 Å². The minimum absolute atomic E-state index is 0.780. The SMILES string of the molecule is COc1ccc(CNCCCC(C)C)c(OC)c1. The Kier molecular flexibility index (Phi) is 6.58. The van der Waals surface area contributed by atoms with Crippen molar-refractivity contribution in [2.24, 2.45) is 5.92 Å². The van der Waals surface area contributed by atoms with Crippen molar-refractivity contribution in [3.63, 3.8) is 0 Å². The molecule has 1 rings (SSSR count). The predicted molar refractivity (Wildman–Crippen MR) is 75.3 cm³/mol. The van der Waals surface area contributed by atoms with E-state index in [-0.39, 0.29) is 0 Å². The summed E-state index contributed by atoms with van der Waals surface area (Å²) < 4.78 is 10.5. The highest BCUT2D eigenvalue weighted by molar-refractivity contribution is 5.40. The molecule has 0 aliphatic rings. The van der Waals surface area contributed by atoms with Gasteiger partial charge in [0, 0.05) is 18.2 Å². The molecule has 0 amide bonds. The Hall–Kier alpha value is -1.22. The fraction of sp³-hybridized carbons (Fsp3) is 0.600. The van der Waals surface area contributed by atoms with Crippen LogP contribution < -0.4 is 14.8 Å². The molecular formula is C15H25NO2. The smallest absolute Gasteiger partial charge is 0.127 e. The number of nitrogens with one attached hydrogen (secondary N) is 1. The van der Waals surface area contributed by atoms with Gasteiger partial charge in [0.2, 0.25) is 0 Å². The number of rotatable bonds is 8. The summed E-state index contributed by atoms with van der Waals surface area (Å²) in [4.78, 5) is 0. The maximum Gasteiger partial charge on any atom is 0.127 e. The van der Waals surface area contributed by atoms with Gasteiger partial charge < -0.3 is 14.8 Å². The summed E-state index contributed by atoms with van der Waals surface area (Å²) in [6.07, 6.45) is 2.49. The van der Waals surface area contributed by atoms with Crippen molar-refractivity contribution in [1.29, 1.82) is 0 Å². The number of hydrogen-bond acceptors (Lipinski definition) is 3. The minimum Gasteiger partial charge on any atom is -0.497 e. The first-order chi connectivity index (χ1) is 8.67. The fourth-order valence-corrected chi connectivity index (χ4v) is 1.86. The number of hydrogen-bond donors (Lipinski definition) is 1. The van der Waals surface area contributed by atoms with Gasteiger partial charge in [-0.2, -0.15) is 0 Å². The van der Waals surface area contributed by atoms with Crippen molar-refractivity contribution >= 4 is 0 Å². The molecule has 18 heavy (non-hydrogen) atoms. The molecule has 0 aliphatic heterocycles. The largest absolute Gasteiger partial charge is 0.497 e. The van der Waals surface area contributed by atoms with E-state index in [1.165, 1.54) is 18.4 Å². The summed E-state index contributed by atoms with van der Waals surface area (Å²) in [7, 11) is 3.36. The summed E-state index contributed by atoms with van der Waals surface area (Å²) >= 11 is 0. The molecule has 0 spiro atoms. The van der Waals surface area contributed by atoms with E-state index in [2.05, 4.69) is 19.2 Å². The predicted octanol–water partition coefficient (Wildman–Crippen LogP) is 3.23. The zero-order chi connectivity index (χ0) is 13.4. The molecule has 0 unspecified atom stereocenters. The van der Waals surface area contributed by atoms with Crippen LogP contribution in [0.4, 0.5) is 0 Å². The highest BCUT2D eigenvalue weighted by Crippen LogP contribution is 2.24. The Morgan fingerprint density at radius 2 is 1.94 bits per heavy atom. The van der Waals surface area contributed by atoms with Gasteiger partial charge in [-0.15, -0.1) is 0 Å². The molecule has 0 atom stereocenters. The Bertz CT molecular complexity index is 350. The first-order valence-electron chi connectivity index (χ1n) is 6.59. The second kappa shape index (κ2) is 7.98. The van der Waals surface area contributed by atoms with Crippen LogP contribution in [0.15, 0.2) is 18.2 Å². The molecule has 0 fully saturated rings. The third-order valence-corrected chi connectivity index (χ3v) is 2.94. The molecule has 1 N–H and O–H groups in total. The standard InChI is InChI=1S/C15H25NO2/c1-12(2)6-5-9-16-11-13-7-8-14(17-3)10-15(13)18-4/h7-8,10,12,16H,5-6,9,11H2,1-4H3. The molecular weight excluding hydrogens is 226 g/mol. The minimum atomic E-state index is 0.780.